The van der Waals surface area contributed by atoms with Crippen molar-refractivity contribution in [1.82, 2.24) is 9.88 Å². The molecule has 0 bridgehead atoms. The summed E-state index contributed by atoms with van der Waals surface area (Å²) in [4.78, 5) is 27.6. The molecule has 0 amide bonds. The van der Waals surface area contributed by atoms with Crippen LogP contribution in [0.1, 0.15) is 24.8 Å². The van der Waals surface area contributed by atoms with Gasteiger partial charge in [-0.25, -0.2) is 14.6 Å². The number of halogens is 6. The van der Waals surface area contributed by atoms with Gasteiger partial charge in [0.1, 0.15) is 5.82 Å². The molecule has 2 N–H and O–H groups in total. The maximum absolute atomic E-state index is 10.6. The molecule has 8 nitrogen and oxygen atoms in total. The molecule has 1 saturated carbocycles. The van der Waals surface area contributed by atoms with Gasteiger partial charge in [-0.3, -0.25) is 4.90 Å². The van der Waals surface area contributed by atoms with Gasteiger partial charge in [0.25, 0.3) is 0 Å². The minimum absolute atomic E-state index is 0.601. The molecule has 1 saturated heterocycles. The Labute approximate surface area is 191 Å². The summed E-state index contributed by atoms with van der Waals surface area (Å²) in [6.45, 7) is 6.29. The lowest BCUT2D eigenvalue weighted by Gasteiger charge is -2.26. The van der Waals surface area contributed by atoms with Crippen molar-refractivity contribution in [3.05, 3.63) is 23.9 Å². The van der Waals surface area contributed by atoms with Crippen LogP contribution in [0.3, 0.4) is 0 Å². The number of carboxylic acid groups (broad SMARTS) is 2. The largest absolute Gasteiger partial charge is 0.490 e. The maximum atomic E-state index is 10.6. The van der Waals surface area contributed by atoms with Gasteiger partial charge in [0.05, 0.1) is 6.61 Å². The number of fused-ring (bicyclic) bond motifs is 1. The SMILES string of the molecule is O=C(O)C(F)(F)F.O=C(O)C(F)(F)F.c1cnc2c(c1)CN(C1CCOC1)CCN2CC1CC1. The Morgan fingerprint density at radius 2 is 1.62 bits per heavy atom. The number of alkyl halides is 6. The number of pyridine rings is 1. The van der Waals surface area contributed by atoms with Crippen molar-refractivity contribution in [2.24, 2.45) is 5.92 Å². The summed E-state index contributed by atoms with van der Waals surface area (Å²) in [7, 11) is 0. The Bertz CT molecular complexity index is 802. The van der Waals surface area contributed by atoms with Gasteiger partial charge >= 0.3 is 24.3 Å². The summed E-state index contributed by atoms with van der Waals surface area (Å²) < 4.78 is 69.0. The number of rotatable bonds is 3. The van der Waals surface area contributed by atoms with Gasteiger partial charge in [0, 0.05) is 50.6 Å². The first-order valence-corrected chi connectivity index (χ1v) is 10.4. The second-order valence-electron chi connectivity index (χ2n) is 7.97. The van der Waals surface area contributed by atoms with E-state index in [0.29, 0.717) is 6.04 Å². The van der Waals surface area contributed by atoms with Crippen LogP contribution in [-0.2, 0) is 20.9 Å². The van der Waals surface area contributed by atoms with E-state index in [1.807, 2.05) is 6.20 Å². The highest BCUT2D eigenvalue weighted by Gasteiger charge is 2.39. The molecule has 1 unspecified atom stereocenters. The van der Waals surface area contributed by atoms with Crippen molar-refractivity contribution < 1.29 is 50.9 Å². The molecule has 14 heteroatoms. The highest BCUT2D eigenvalue weighted by Crippen LogP contribution is 2.33. The molecule has 2 fully saturated rings. The van der Waals surface area contributed by atoms with Gasteiger partial charge < -0.3 is 19.8 Å². The standard InChI is InChI=1S/C16H23N3O.2C2HF3O2/c1-2-14-11-18(15-5-9-20-12-15)7-8-19(10-13-3-4-13)16(14)17-6-1;2*3-2(4,5)1(6)7/h1-2,6,13,15H,3-5,7-12H2;2*(H,6,7). The molecule has 34 heavy (non-hydrogen) atoms. The van der Waals surface area contributed by atoms with Gasteiger partial charge in [0.2, 0.25) is 0 Å². The highest BCUT2D eigenvalue weighted by molar-refractivity contribution is 5.73. The fraction of sp³-hybridized carbons (Fsp3) is 0.650. The van der Waals surface area contributed by atoms with Gasteiger partial charge in [-0.1, -0.05) is 6.07 Å². The van der Waals surface area contributed by atoms with Crippen LogP contribution in [0, 0.1) is 5.92 Å². The van der Waals surface area contributed by atoms with Crippen molar-refractivity contribution in [3.8, 4) is 0 Å². The zero-order valence-corrected chi connectivity index (χ0v) is 18.0. The second kappa shape index (κ2) is 11.7. The quantitative estimate of drug-likeness (QED) is 0.609. The fourth-order valence-corrected chi connectivity index (χ4v) is 3.40. The molecule has 0 radical (unpaired) electrons. The summed E-state index contributed by atoms with van der Waals surface area (Å²) >= 11 is 0. The molecule has 4 rings (SSSR count). The summed E-state index contributed by atoms with van der Waals surface area (Å²) in [6.07, 6.45) is -4.25. The summed E-state index contributed by atoms with van der Waals surface area (Å²) in [6, 6.07) is 4.92. The number of hydrogen-bond acceptors (Lipinski definition) is 6. The normalized spacial score (nSPS) is 20.8. The molecule has 1 aromatic heterocycles. The maximum Gasteiger partial charge on any atom is 0.490 e. The lowest BCUT2D eigenvalue weighted by Crippen LogP contribution is -2.39. The minimum Gasteiger partial charge on any atom is -0.475 e. The van der Waals surface area contributed by atoms with E-state index in [9.17, 15) is 26.3 Å². The number of hydrogen-bond donors (Lipinski definition) is 2. The topological polar surface area (TPSA) is 103 Å². The molecule has 1 aliphatic carbocycles. The first-order chi connectivity index (χ1) is 15.8. The monoisotopic (exact) mass is 501 g/mol. The van der Waals surface area contributed by atoms with Gasteiger partial charge in [0.15, 0.2) is 0 Å². The highest BCUT2D eigenvalue weighted by atomic mass is 19.4. The van der Waals surface area contributed by atoms with E-state index in [1.54, 1.807) is 0 Å². The third-order valence-electron chi connectivity index (χ3n) is 5.28. The van der Waals surface area contributed by atoms with Crippen LogP contribution < -0.4 is 4.90 Å². The zero-order chi connectivity index (χ0) is 25.5. The first kappa shape index (κ1) is 27.6. The Morgan fingerprint density at radius 3 is 2.09 bits per heavy atom. The molecule has 0 spiro atoms. The van der Waals surface area contributed by atoms with Gasteiger partial charge in [-0.2, -0.15) is 26.3 Å². The summed E-state index contributed by atoms with van der Waals surface area (Å²) in [5, 5.41) is 14.2. The van der Waals surface area contributed by atoms with E-state index in [1.165, 1.54) is 37.2 Å². The molecule has 1 aromatic rings. The van der Waals surface area contributed by atoms with Crippen molar-refractivity contribution >= 4 is 17.8 Å². The third kappa shape index (κ3) is 8.97. The number of aromatic nitrogens is 1. The van der Waals surface area contributed by atoms with Crippen LogP contribution in [-0.4, -0.2) is 83.3 Å². The van der Waals surface area contributed by atoms with Crippen LogP contribution in [0.2, 0.25) is 0 Å². The van der Waals surface area contributed by atoms with Gasteiger partial charge in [-0.05, 0) is 31.2 Å². The molecule has 2 aliphatic heterocycles. The number of ether oxygens (including phenoxy) is 1. The van der Waals surface area contributed by atoms with E-state index in [-0.39, 0.29) is 0 Å². The fourth-order valence-electron chi connectivity index (χ4n) is 3.40. The molecule has 192 valence electrons. The molecule has 3 aliphatic rings. The van der Waals surface area contributed by atoms with Crippen LogP contribution in [0.4, 0.5) is 32.2 Å². The lowest BCUT2D eigenvalue weighted by atomic mass is 10.2. The smallest absolute Gasteiger partial charge is 0.475 e. The van der Waals surface area contributed by atoms with E-state index in [2.05, 4.69) is 26.9 Å². The van der Waals surface area contributed by atoms with E-state index in [4.69, 9.17) is 24.5 Å². The van der Waals surface area contributed by atoms with Crippen LogP contribution >= 0.6 is 0 Å². The Kier molecular flexibility index (Phi) is 9.50. The summed E-state index contributed by atoms with van der Waals surface area (Å²) in [5.41, 5.74) is 1.39. The predicted molar refractivity (Wildman–Crippen MR) is 106 cm³/mol. The zero-order valence-electron chi connectivity index (χ0n) is 18.0. The Morgan fingerprint density at radius 1 is 1.03 bits per heavy atom. The molecule has 0 aromatic carbocycles. The van der Waals surface area contributed by atoms with Crippen LogP contribution in [0.15, 0.2) is 18.3 Å². The van der Waals surface area contributed by atoms with E-state index < -0.39 is 24.3 Å². The van der Waals surface area contributed by atoms with Crippen molar-refractivity contribution in [1.29, 1.82) is 0 Å². The number of aliphatic carboxylic acids is 2. The number of nitrogens with zero attached hydrogens (tertiary/aromatic N) is 3. The van der Waals surface area contributed by atoms with Gasteiger partial charge in [-0.15, -0.1) is 0 Å². The number of anilines is 1. The average molecular weight is 501 g/mol. The van der Waals surface area contributed by atoms with E-state index >= 15 is 0 Å². The number of carbonyl (C=O) groups is 2. The molecular weight excluding hydrogens is 476 g/mol. The molecule has 1 atom stereocenters. The Balaban J connectivity index is 0.000000244. The Hall–Kier alpha value is -2.61. The van der Waals surface area contributed by atoms with Crippen molar-refractivity contribution in [3.63, 3.8) is 0 Å². The lowest BCUT2D eigenvalue weighted by molar-refractivity contribution is -0.193. The summed E-state index contributed by atoms with van der Waals surface area (Å²) in [5.74, 6) is -3.38. The molecule has 3 heterocycles. The molecular formula is C20H25F6N3O5. The van der Waals surface area contributed by atoms with Crippen molar-refractivity contribution in [2.75, 3.05) is 37.7 Å². The average Bonchev–Trinajstić information content (AvgIpc) is 3.43. The minimum atomic E-state index is -5.08. The predicted octanol–water partition coefficient (Wildman–Crippen LogP) is 3.17. The van der Waals surface area contributed by atoms with Crippen molar-refractivity contribution in [2.45, 2.75) is 44.2 Å². The van der Waals surface area contributed by atoms with Crippen LogP contribution in [0.25, 0.3) is 0 Å². The second-order valence-corrected chi connectivity index (χ2v) is 7.97. The van der Waals surface area contributed by atoms with Crippen LogP contribution in [0.5, 0.6) is 0 Å². The first-order valence-electron chi connectivity index (χ1n) is 10.4. The van der Waals surface area contributed by atoms with E-state index in [0.717, 1.165) is 38.8 Å². The third-order valence-corrected chi connectivity index (χ3v) is 5.28. The number of carboxylic acids is 2.